The Morgan fingerprint density at radius 2 is 1.78 bits per heavy atom. The van der Waals surface area contributed by atoms with E-state index in [9.17, 15) is 4.79 Å². The van der Waals surface area contributed by atoms with Gasteiger partial charge >= 0.3 is 0 Å². The smallest absolute Gasteiger partial charge is 0.255 e. The van der Waals surface area contributed by atoms with Gasteiger partial charge in [-0.2, -0.15) is 0 Å². The Hall–Kier alpha value is -1.91. The fourth-order valence-corrected chi connectivity index (χ4v) is 4.13. The summed E-state index contributed by atoms with van der Waals surface area (Å²) in [7, 11) is 0. The molecule has 0 spiro atoms. The van der Waals surface area contributed by atoms with Crippen molar-refractivity contribution in [1.29, 1.82) is 0 Å². The lowest BCUT2D eigenvalue weighted by molar-refractivity contribution is 0.102. The number of halogens is 2. The zero-order valence-corrected chi connectivity index (χ0v) is 17.4. The van der Waals surface area contributed by atoms with Crippen LogP contribution in [0.4, 0.5) is 17.1 Å². The lowest BCUT2D eigenvalue weighted by atomic mass is 9.95. The molecular formula is C21H25Cl2N3O. The monoisotopic (exact) mass is 405 g/mol. The van der Waals surface area contributed by atoms with Gasteiger partial charge in [0.2, 0.25) is 0 Å². The predicted octanol–water partition coefficient (Wildman–Crippen LogP) is 5.90. The van der Waals surface area contributed by atoms with Gasteiger partial charge in [-0.25, -0.2) is 0 Å². The number of nitrogens with two attached hydrogens (primary N) is 1. The first-order valence-electron chi connectivity index (χ1n) is 9.22. The number of aryl methyl sites for hydroxylation is 1. The molecule has 1 fully saturated rings. The maximum Gasteiger partial charge on any atom is 0.255 e. The number of rotatable bonds is 3. The first-order valence-corrected chi connectivity index (χ1v) is 9.98. The van der Waals surface area contributed by atoms with Crippen molar-refractivity contribution in [3.05, 3.63) is 51.5 Å². The van der Waals surface area contributed by atoms with Crippen molar-refractivity contribution in [2.24, 2.45) is 0 Å². The van der Waals surface area contributed by atoms with Crippen LogP contribution in [0.15, 0.2) is 30.3 Å². The quantitative estimate of drug-likeness (QED) is 0.624. The van der Waals surface area contributed by atoms with Crippen LogP contribution in [0.25, 0.3) is 0 Å². The van der Waals surface area contributed by atoms with Gasteiger partial charge in [-0.05, 0) is 75.9 Å². The summed E-state index contributed by atoms with van der Waals surface area (Å²) in [6.45, 7) is 6.56. The van der Waals surface area contributed by atoms with E-state index >= 15 is 0 Å². The van der Waals surface area contributed by atoms with Gasteiger partial charge < -0.3 is 16.0 Å². The van der Waals surface area contributed by atoms with Crippen LogP contribution < -0.4 is 16.0 Å². The van der Waals surface area contributed by atoms with Crippen LogP contribution in [-0.2, 0) is 0 Å². The molecule has 2 aromatic rings. The second-order valence-electron chi connectivity index (χ2n) is 7.35. The molecule has 1 aliphatic rings. The van der Waals surface area contributed by atoms with E-state index < -0.39 is 0 Å². The van der Waals surface area contributed by atoms with Crippen molar-refractivity contribution in [1.82, 2.24) is 0 Å². The van der Waals surface area contributed by atoms with Crippen LogP contribution in [-0.4, -0.2) is 18.0 Å². The summed E-state index contributed by atoms with van der Waals surface area (Å²) >= 11 is 12.0. The van der Waals surface area contributed by atoms with E-state index in [-0.39, 0.29) is 5.91 Å². The van der Waals surface area contributed by atoms with E-state index in [1.54, 1.807) is 18.2 Å². The Labute approximate surface area is 170 Å². The van der Waals surface area contributed by atoms with Gasteiger partial charge in [-0.3, -0.25) is 4.79 Å². The largest absolute Gasteiger partial charge is 0.397 e. The predicted molar refractivity (Wildman–Crippen MR) is 115 cm³/mol. The minimum atomic E-state index is -0.269. The molecule has 0 radical (unpaired) electrons. The SMILES string of the molecule is Cc1cc(N)c(NC(=O)c2ccc(Cl)c(Cl)c2)cc1N1[C@H](C)CCC[C@@H]1C. The number of piperidine rings is 1. The number of nitrogen functional groups attached to an aromatic ring is 1. The first-order chi connectivity index (χ1) is 12.8. The molecule has 2 aromatic carbocycles. The molecule has 27 heavy (non-hydrogen) atoms. The molecule has 0 bridgehead atoms. The maximum absolute atomic E-state index is 12.6. The van der Waals surface area contributed by atoms with Crippen LogP contribution in [0.5, 0.6) is 0 Å². The van der Waals surface area contributed by atoms with Crippen LogP contribution in [0.2, 0.25) is 10.0 Å². The summed E-state index contributed by atoms with van der Waals surface area (Å²) < 4.78 is 0. The molecule has 1 amide bonds. The number of nitrogens with one attached hydrogen (secondary N) is 1. The fraction of sp³-hybridized carbons (Fsp3) is 0.381. The van der Waals surface area contributed by atoms with Crippen LogP contribution in [0, 0.1) is 6.92 Å². The molecule has 6 heteroatoms. The minimum absolute atomic E-state index is 0.269. The van der Waals surface area contributed by atoms with Gasteiger partial charge in [0, 0.05) is 23.3 Å². The lowest BCUT2D eigenvalue weighted by Crippen LogP contribution is -2.44. The summed E-state index contributed by atoms with van der Waals surface area (Å²) in [6.07, 6.45) is 3.58. The van der Waals surface area contributed by atoms with E-state index in [4.69, 9.17) is 28.9 Å². The van der Waals surface area contributed by atoms with Crippen molar-refractivity contribution in [3.63, 3.8) is 0 Å². The number of hydrogen-bond acceptors (Lipinski definition) is 3. The molecule has 1 aliphatic heterocycles. The molecule has 0 aromatic heterocycles. The van der Waals surface area contributed by atoms with Gasteiger partial charge in [0.1, 0.15) is 0 Å². The van der Waals surface area contributed by atoms with Crippen molar-refractivity contribution < 1.29 is 4.79 Å². The van der Waals surface area contributed by atoms with Crippen LogP contribution >= 0.6 is 23.2 Å². The zero-order valence-electron chi connectivity index (χ0n) is 15.9. The average Bonchev–Trinajstić information content (AvgIpc) is 2.60. The Kier molecular flexibility index (Phi) is 5.87. The highest BCUT2D eigenvalue weighted by Crippen LogP contribution is 2.36. The van der Waals surface area contributed by atoms with E-state index in [1.165, 1.54) is 19.3 Å². The van der Waals surface area contributed by atoms with E-state index in [0.717, 1.165) is 11.3 Å². The molecule has 0 aliphatic carbocycles. The summed E-state index contributed by atoms with van der Waals surface area (Å²) in [5, 5.41) is 3.68. The summed E-state index contributed by atoms with van der Waals surface area (Å²) in [5.41, 5.74) is 10.0. The van der Waals surface area contributed by atoms with Crippen LogP contribution in [0.1, 0.15) is 49.0 Å². The third kappa shape index (κ3) is 4.17. The van der Waals surface area contributed by atoms with E-state index in [2.05, 4.69) is 31.0 Å². The van der Waals surface area contributed by atoms with Crippen LogP contribution in [0.3, 0.4) is 0 Å². The highest BCUT2D eigenvalue weighted by atomic mass is 35.5. The molecule has 1 heterocycles. The summed E-state index contributed by atoms with van der Waals surface area (Å²) in [6, 6.07) is 9.62. The summed E-state index contributed by atoms with van der Waals surface area (Å²) in [4.78, 5) is 15.1. The van der Waals surface area contributed by atoms with Gasteiger partial charge in [0.25, 0.3) is 5.91 Å². The molecule has 3 rings (SSSR count). The maximum atomic E-state index is 12.6. The standard InChI is InChI=1S/C21H25Cl2N3O/c1-12-9-18(24)19(11-20(12)26-13(2)5-4-6-14(26)3)25-21(27)15-7-8-16(22)17(23)10-15/h7-11,13-14H,4-6,24H2,1-3H3,(H,25,27)/t13-,14+. The molecule has 1 saturated heterocycles. The third-order valence-electron chi connectivity index (χ3n) is 5.27. The Morgan fingerprint density at radius 3 is 2.41 bits per heavy atom. The molecule has 0 saturated carbocycles. The summed E-state index contributed by atoms with van der Waals surface area (Å²) in [5.74, 6) is -0.269. The average molecular weight is 406 g/mol. The lowest BCUT2D eigenvalue weighted by Gasteiger charge is -2.42. The second kappa shape index (κ2) is 7.99. The highest BCUT2D eigenvalue weighted by Gasteiger charge is 2.26. The highest BCUT2D eigenvalue weighted by molar-refractivity contribution is 6.42. The number of benzene rings is 2. The number of anilines is 3. The second-order valence-corrected chi connectivity index (χ2v) is 8.16. The van der Waals surface area contributed by atoms with Gasteiger partial charge in [-0.1, -0.05) is 23.2 Å². The Balaban J connectivity index is 1.91. The molecule has 0 unspecified atom stereocenters. The molecule has 2 atom stereocenters. The Morgan fingerprint density at radius 1 is 1.11 bits per heavy atom. The van der Waals surface area contributed by atoms with E-state index in [0.29, 0.717) is 39.1 Å². The Bertz CT molecular complexity index is 859. The van der Waals surface area contributed by atoms with E-state index in [1.807, 2.05) is 12.1 Å². The molecular weight excluding hydrogens is 381 g/mol. The van der Waals surface area contributed by atoms with Gasteiger partial charge in [0.05, 0.1) is 21.4 Å². The molecule has 3 N–H and O–H groups in total. The number of hydrogen-bond donors (Lipinski definition) is 2. The number of nitrogens with zero attached hydrogens (tertiary/aromatic N) is 1. The third-order valence-corrected chi connectivity index (χ3v) is 6.01. The van der Waals surface area contributed by atoms with Gasteiger partial charge in [-0.15, -0.1) is 0 Å². The number of carbonyl (C=O) groups excluding carboxylic acids is 1. The molecule has 144 valence electrons. The van der Waals surface area contributed by atoms with Crippen molar-refractivity contribution in [2.75, 3.05) is 16.0 Å². The van der Waals surface area contributed by atoms with Crippen molar-refractivity contribution >= 4 is 46.2 Å². The van der Waals surface area contributed by atoms with Gasteiger partial charge in [0.15, 0.2) is 0 Å². The van der Waals surface area contributed by atoms with Crippen molar-refractivity contribution in [2.45, 2.75) is 52.1 Å². The topological polar surface area (TPSA) is 58.4 Å². The number of carbonyl (C=O) groups is 1. The van der Waals surface area contributed by atoms with Crippen molar-refractivity contribution in [3.8, 4) is 0 Å². The molecule has 4 nitrogen and oxygen atoms in total. The normalized spacial score (nSPS) is 19.8. The fourth-order valence-electron chi connectivity index (χ4n) is 3.83. The number of amides is 1. The minimum Gasteiger partial charge on any atom is -0.397 e. The zero-order chi connectivity index (χ0) is 19.7. The first kappa shape index (κ1) is 19.8.